The van der Waals surface area contributed by atoms with Gasteiger partial charge in [0, 0.05) is 34.3 Å². The van der Waals surface area contributed by atoms with E-state index in [1.165, 1.54) is 4.88 Å². The molecule has 0 radical (unpaired) electrons. The smallest absolute Gasteiger partial charge is 0.315 e. The summed E-state index contributed by atoms with van der Waals surface area (Å²) in [5.41, 5.74) is 2.06. The van der Waals surface area contributed by atoms with E-state index in [4.69, 9.17) is 0 Å². The predicted octanol–water partition coefficient (Wildman–Crippen LogP) is 3.87. The first-order valence-electron chi connectivity index (χ1n) is 6.83. The van der Waals surface area contributed by atoms with Crippen molar-refractivity contribution in [1.29, 1.82) is 0 Å². The lowest BCUT2D eigenvalue weighted by molar-refractivity contribution is 0.240. The van der Waals surface area contributed by atoms with Crippen molar-refractivity contribution < 1.29 is 4.79 Å². The third-order valence-corrected chi connectivity index (χ3v) is 4.85. The lowest BCUT2D eigenvalue weighted by Gasteiger charge is -2.07. The van der Waals surface area contributed by atoms with Gasteiger partial charge in [0.1, 0.15) is 0 Å². The summed E-state index contributed by atoms with van der Waals surface area (Å²) in [6.45, 7) is 1.01. The summed E-state index contributed by atoms with van der Waals surface area (Å²) < 4.78 is 0. The molecule has 3 rings (SSSR count). The molecule has 4 nitrogen and oxygen atoms in total. The van der Waals surface area contributed by atoms with Crippen LogP contribution in [0.3, 0.4) is 0 Å². The SMILES string of the molecule is O=C(NCc1cncc(-c2cccs2)c1)NCc1cccs1. The van der Waals surface area contributed by atoms with Gasteiger partial charge in [-0.3, -0.25) is 4.98 Å². The molecule has 2 amide bonds. The second kappa shape index (κ2) is 7.20. The van der Waals surface area contributed by atoms with Gasteiger partial charge in [-0.15, -0.1) is 22.7 Å². The number of carbonyl (C=O) groups excluding carboxylic acids is 1. The molecule has 3 aromatic heterocycles. The molecule has 0 atom stereocenters. The highest BCUT2D eigenvalue weighted by Gasteiger charge is 2.04. The zero-order chi connectivity index (χ0) is 15.2. The molecule has 0 aliphatic carbocycles. The maximum atomic E-state index is 11.8. The van der Waals surface area contributed by atoms with E-state index in [2.05, 4.69) is 27.8 Å². The molecule has 0 bridgehead atoms. The molecule has 112 valence electrons. The average molecular weight is 329 g/mol. The number of rotatable bonds is 5. The Morgan fingerprint density at radius 1 is 1.05 bits per heavy atom. The molecule has 0 spiro atoms. The molecule has 0 aliphatic heterocycles. The molecule has 2 N–H and O–H groups in total. The molecular formula is C16H15N3OS2. The van der Waals surface area contributed by atoms with Gasteiger partial charge < -0.3 is 10.6 Å². The first kappa shape index (κ1) is 14.7. The summed E-state index contributed by atoms with van der Waals surface area (Å²) in [6, 6.07) is 9.93. The van der Waals surface area contributed by atoms with E-state index in [1.807, 2.05) is 35.2 Å². The molecular weight excluding hydrogens is 314 g/mol. The molecule has 6 heteroatoms. The predicted molar refractivity (Wildman–Crippen MR) is 90.9 cm³/mol. The van der Waals surface area contributed by atoms with E-state index < -0.39 is 0 Å². The highest BCUT2D eigenvalue weighted by molar-refractivity contribution is 7.13. The zero-order valence-corrected chi connectivity index (χ0v) is 13.4. The Hall–Kier alpha value is -2.18. The monoisotopic (exact) mass is 329 g/mol. The topological polar surface area (TPSA) is 54.0 Å². The third kappa shape index (κ3) is 3.93. The summed E-state index contributed by atoms with van der Waals surface area (Å²) in [5, 5.41) is 9.73. The summed E-state index contributed by atoms with van der Waals surface area (Å²) in [5.74, 6) is 0. The number of amides is 2. The Kier molecular flexibility index (Phi) is 4.82. The molecule has 0 saturated carbocycles. The van der Waals surface area contributed by atoms with E-state index in [9.17, 15) is 4.79 Å². The van der Waals surface area contributed by atoms with Crippen LogP contribution in [0, 0.1) is 0 Å². The fourth-order valence-electron chi connectivity index (χ4n) is 1.99. The highest BCUT2D eigenvalue weighted by atomic mass is 32.1. The molecule has 0 aliphatic rings. The normalized spacial score (nSPS) is 10.4. The number of pyridine rings is 1. The van der Waals surface area contributed by atoms with Gasteiger partial charge in [-0.2, -0.15) is 0 Å². The lowest BCUT2D eigenvalue weighted by Crippen LogP contribution is -2.34. The Labute approximate surface area is 136 Å². The summed E-state index contributed by atoms with van der Waals surface area (Å²) in [6.07, 6.45) is 3.61. The number of urea groups is 1. The van der Waals surface area contributed by atoms with Gasteiger partial charge in [-0.05, 0) is 34.5 Å². The number of nitrogens with zero attached hydrogens (tertiary/aromatic N) is 1. The number of nitrogens with one attached hydrogen (secondary N) is 2. The molecule has 0 fully saturated rings. The number of carbonyl (C=O) groups is 1. The van der Waals surface area contributed by atoms with Crippen LogP contribution in [0.25, 0.3) is 10.4 Å². The Balaban J connectivity index is 1.53. The maximum Gasteiger partial charge on any atom is 0.315 e. The largest absolute Gasteiger partial charge is 0.334 e. The quantitative estimate of drug-likeness (QED) is 0.746. The Bertz CT molecular complexity index is 724. The molecule has 3 aromatic rings. The molecule has 0 unspecified atom stereocenters. The van der Waals surface area contributed by atoms with Crippen molar-refractivity contribution in [3.8, 4) is 10.4 Å². The van der Waals surface area contributed by atoms with Crippen molar-refractivity contribution in [1.82, 2.24) is 15.6 Å². The molecule has 0 aromatic carbocycles. The van der Waals surface area contributed by atoms with Crippen LogP contribution >= 0.6 is 22.7 Å². The Morgan fingerprint density at radius 3 is 2.64 bits per heavy atom. The van der Waals surface area contributed by atoms with Gasteiger partial charge in [0.2, 0.25) is 0 Å². The highest BCUT2D eigenvalue weighted by Crippen LogP contribution is 2.24. The fraction of sp³-hybridized carbons (Fsp3) is 0.125. The van der Waals surface area contributed by atoms with Crippen LogP contribution in [0.1, 0.15) is 10.4 Å². The van der Waals surface area contributed by atoms with Crippen molar-refractivity contribution in [3.63, 3.8) is 0 Å². The first-order chi connectivity index (χ1) is 10.8. The van der Waals surface area contributed by atoms with Crippen LogP contribution in [-0.2, 0) is 13.1 Å². The summed E-state index contributed by atoms with van der Waals surface area (Å²) in [4.78, 5) is 18.3. The van der Waals surface area contributed by atoms with Crippen molar-refractivity contribution in [2.75, 3.05) is 0 Å². The Morgan fingerprint density at radius 2 is 1.86 bits per heavy atom. The second-order valence-electron chi connectivity index (χ2n) is 4.67. The number of thiophene rings is 2. The first-order valence-corrected chi connectivity index (χ1v) is 8.59. The maximum absolute atomic E-state index is 11.8. The third-order valence-electron chi connectivity index (χ3n) is 3.06. The van der Waals surface area contributed by atoms with Crippen molar-refractivity contribution in [2.45, 2.75) is 13.1 Å². The fourth-order valence-corrected chi connectivity index (χ4v) is 3.34. The van der Waals surface area contributed by atoms with E-state index in [1.54, 1.807) is 28.9 Å². The van der Waals surface area contributed by atoms with Gasteiger partial charge in [-0.25, -0.2) is 4.79 Å². The average Bonchev–Trinajstić information content (AvgIpc) is 3.24. The number of aromatic nitrogens is 1. The van der Waals surface area contributed by atoms with Crippen molar-refractivity contribution >= 4 is 28.7 Å². The van der Waals surface area contributed by atoms with Crippen LogP contribution < -0.4 is 10.6 Å². The minimum atomic E-state index is -0.171. The van der Waals surface area contributed by atoms with Crippen LogP contribution in [-0.4, -0.2) is 11.0 Å². The van der Waals surface area contributed by atoms with Gasteiger partial charge in [-0.1, -0.05) is 12.1 Å². The van der Waals surface area contributed by atoms with Gasteiger partial charge in [0.05, 0.1) is 6.54 Å². The van der Waals surface area contributed by atoms with Crippen LogP contribution in [0.2, 0.25) is 0 Å². The molecule has 22 heavy (non-hydrogen) atoms. The van der Waals surface area contributed by atoms with Gasteiger partial charge in [0.15, 0.2) is 0 Å². The van der Waals surface area contributed by atoms with E-state index in [0.29, 0.717) is 13.1 Å². The lowest BCUT2D eigenvalue weighted by atomic mass is 10.2. The summed E-state index contributed by atoms with van der Waals surface area (Å²) >= 11 is 3.31. The van der Waals surface area contributed by atoms with Gasteiger partial charge >= 0.3 is 6.03 Å². The summed E-state index contributed by atoms with van der Waals surface area (Å²) in [7, 11) is 0. The van der Waals surface area contributed by atoms with E-state index in [-0.39, 0.29) is 6.03 Å². The van der Waals surface area contributed by atoms with Crippen molar-refractivity contribution in [3.05, 3.63) is 63.9 Å². The number of hydrogen-bond donors (Lipinski definition) is 2. The van der Waals surface area contributed by atoms with Gasteiger partial charge in [0.25, 0.3) is 0 Å². The number of hydrogen-bond acceptors (Lipinski definition) is 4. The van der Waals surface area contributed by atoms with Crippen LogP contribution in [0.4, 0.5) is 4.79 Å². The van der Waals surface area contributed by atoms with E-state index in [0.717, 1.165) is 16.0 Å². The minimum Gasteiger partial charge on any atom is -0.334 e. The minimum absolute atomic E-state index is 0.171. The van der Waals surface area contributed by atoms with Crippen LogP contribution in [0.15, 0.2) is 53.5 Å². The molecule has 0 saturated heterocycles. The van der Waals surface area contributed by atoms with E-state index >= 15 is 0 Å². The second-order valence-corrected chi connectivity index (χ2v) is 6.65. The zero-order valence-electron chi connectivity index (χ0n) is 11.8. The van der Waals surface area contributed by atoms with Crippen molar-refractivity contribution in [2.24, 2.45) is 0 Å². The molecule has 3 heterocycles. The standard InChI is InChI=1S/C16H15N3OS2/c20-16(19-11-14-3-1-5-21-14)18-9-12-7-13(10-17-8-12)15-4-2-6-22-15/h1-8,10H,9,11H2,(H2,18,19,20). The van der Waals surface area contributed by atoms with Crippen LogP contribution in [0.5, 0.6) is 0 Å².